The number of hydrogen-bond donors (Lipinski definition) is 0. The highest BCUT2D eigenvalue weighted by Gasteiger charge is 2.15. The second-order valence-corrected chi connectivity index (χ2v) is 6.16. The zero-order valence-electron chi connectivity index (χ0n) is 13.5. The van der Waals surface area contributed by atoms with Gasteiger partial charge in [0.2, 0.25) is 0 Å². The molecule has 2 aromatic carbocycles. The molecule has 0 bridgehead atoms. The van der Waals surface area contributed by atoms with Gasteiger partial charge in [-0.3, -0.25) is 0 Å². The number of rotatable bonds is 4. The van der Waals surface area contributed by atoms with E-state index in [1.807, 2.05) is 0 Å². The summed E-state index contributed by atoms with van der Waals surface area (Å²) >= 11 is 0. The molecule has 116 valence electrons. The monoisotopic (exact) mass is 296 g/mol. The molecule has 1 aliphatic rings. The molecule has 0 radical (unpaired) electrons. The molecule has 1 saturated heterocycles. The van der Waals surface area contributed by atoms with Crippen molar-refractivity contribution in [2.75, 3.05) is 19.8 Å². The molecule has 0 saturated carbocycles. The van der Waals surface area contributed by atoms with Crippen LogP contribution in [0.3, 0.4) is 0 Å². The van der Waals surface area contributed by atoms with Crippen molar-refractivity contribution in [3.05, 3.63) is 53.6 Å². The Labute approximate surface area is 133 Å². The fraction of sp³-hybridized carbons (Fsp3) is 0.400. The van der Waals surface area contributed by atoms with Gasteiger partial charge in [0.1, 0.15) is 5.75 Å². The van der Waals surface area contributed by atoms with Crippen LogP contribution >= 0.6 is 0 Å². The van der Waals surface area contributed by atoms with E-state index in [9.17, 15) is 0 Å². The van der Waals surface area contributed by atoms with Crippen LogP contribution < -0.4 is 4.74 Å². The Morgan fingerprint density at radius 2 is 1.64 bits per heavy atom. The summed E-state index contributed by atoms with van der Waals surface area (Å²) in [6.45, 7) is 6.87. The van der Waals surface area contributed by atoms with Crippen LogP contribution in [0.15, 0.2) is 42.5 Å². The number of hydrogen-bond acceptors (Lipinski definition) is 2. The van der Waals surface area contributed by atoms with E-state index >= 15 is 0 Å². The molecule has 2 aromatic rings. The fourth-order valence-corrected chi connectivity index (χ4v) is 3.19. The van der Waals surface area contributed by atoms with Gasteiger partial charge in [0.25, 0.3) is 0 Å². The molecule has 1 fully saturated rings. The van der Waals surface area contributed by atoms with Gasteiger partial charge in [-0.15, -0.1) is 0 Å². The van der Waals surface area contributed by atoms with Gasteiger partial charge in [-0.25, -0.2) is 0 Å². The largest absolute Gasteiger partial charge is 0.493 e. The molecule has 0 spiro atoms. The third-order valence-electron chi connectivity index (χ3n) is 4.40. The Hall–Kier alpha value is -1.80. The first-order chi connectivity index (χ1) is 10.7. The van der Waals surface area contributed by atoms with Crippen LogP contribution in [0.2, 0.25) is 0 Å². The van der Waals surface area contributed by atoms with E-state index in [-0.39, 0.29) is 0 Å². The van der Waals surface area contributed by atoms with Crippen LogP contribution in [0.25, 0.3) is 11.1 Å². The predicted molar refractivity (Wildman–Crippen MR) is 90.4 cm³/mol. The lowest BCUT2D eigenvalue weighted by Gasteiger charge is -2.22. The number of aryl methyl sites for hydroxylation is 2. The van der Waals surface area contributed by atoms with Crippen molar-refractivity contribution >= 4 is 0 Å². The topological polar surface area (TPSA) is 18.5 Å². The van der Waals surface area contributed by atoms with Crippen LogP contribution in [0.1, 0.15) is 24.0 Å². The highest BCUT2D eigenvalue weighted by molar-refractivity contribution is 5.71. The van der Waals surface area contributed by atoms with Gasteiger partial charge in [0.15, 0.2) is 0 Å². The lowest BCUT2D eigenvalue weighted by Crippen LogP contribution is -2.21. The van der Waals surface area contributed by atoms with Gasteiger partial charge < -0.3 is 9.47 Å². The van der Waals surface area contributed by atoms with Crippen molar-refractivity contribution < 1.29 is 9.47 Å². The predicted octanol–water partition coefficient (Wildman–Crippen LogP) is 4.78. The molecule has 0 aromatic heterocycles. The molecule has 0 unspecified atom stereocenters. The molecule has 2 heteroatoms. The minimum absolute atomic E-state index is 0.628. The van der Waals surface area contributed by atoms with Crippen molar-refractivity contribution in [1.82, 2.24) is 0 Å². The van der Waals surface area contributed by atoms with Gasteiger partial charge in [-0.1, -0.05) is 30.3 Å². The van der Waals surface area contributed by atoms with Crippen LogP contribution in [-0.4, -0.2) is 19.8 Å². The second kappa shape index (κ2) is 6.97. The standard InChI is InChI=1S/C20H24O2/c1-15-12-19(22-14-17-8-10-21-11-9-17)13-16(2)20(15)18-6-4-3-5-7-18/h3-7,12-13,17H,8-11,14H2,1-2H3. The Bertz CT molecular complexity index is 590. The maximum Gasteiger partial charge on any atom is 0.119 e. The van der Waals surface area contributed by atoms with Gasteiger partial charge in [0.05, 0.1) is 6.61 Å². The number of benzene rings is 2. The zero-order chi connectivity index (χ0) is 15.4. The molecular formula is C20H24O2. The molecule has 0 atom stereocenters. The Morgan fingerprint density at radius 3 is 2.27 bits per heavy atom. The van der Waals surface area contributed by atoms with E-state index in [0.717, 1.165) is 38.4 Å². The first kappa shape index (κ1) is 15.1. The van der Waals surface area contributed by atoms with Crippen LogP contribution in [0.5, 0.6) is 5.75 Å². The van der Waals surface area contributed by atoms with Gasteiger partial charge in [-0.2, -0.15) is 0 Å². The normalized spacial score (nSPS) is 15.7. The van der Waals surface area contributed by atoms with Crippen molar-refractivity contribution in [1.29, 1.82) is 0 Å². The van der Waals surface area contributed by atoms with E-state index in [4.69, 9.17) is 9.47 Å². The summed E-state index contributed by atoms with van der Waals surface area (Å²) < 4.78 is 11.4. The minimum Gasteiger partial charge on any atom is -0.493 e. The summed E-state index contributed by atoms with van der Waals surface area (Å²) in [5.41, 5.74) is 5.13. The van der Waals surface area contributed by atoms with Crippen molar-refractivity contribution in [2.45, 2.75) is 26.7 Å². The molecule has 1 aliphatic heterocycles. The average Bonchev–Trinajstić information content (AvgIpc) is 2.54. The van der Waals surface area contributed by atoms with E-state index in [2.05, 4.69) is 56.3 Å². The summed E-state index contributed by atoms with van der Waals surface area (Å²) in [6, 6.07) is 14.9. The molecule has 0 aliphatic carbocycles. The fourth-order valence-electron chi connectivity index (χ4n) is 3.19. The first-order valence-corrected chi connectivity index (χ1v) is 8.11. The summed E-state index contributed by atoms with van der Waals surface area (Å²) in [4.78, 5) is 0. The molecule has 1 heterocycles. The van der Waals surface area contributed by atoms with E-state index in [1.165, 1.54) is 22.3 Å². The first-order valence-electron chi connectivity index (χ1n) is 8.11. The lowest BCUT2D eigenvalue weighted by molar-refractivity contribution is 0.0497. The van der Waals surface area contributed by atoms with Gasteiger partial charge >= 0.3 is 0 Å². The molecular weight excluding hydrogens is 272 g/mol. The molecule has 0 amide bonds. The molecule has 22 heavy (non-hydrogen) atoms. The molecule has 2 nitrogen and oxygen atoms in total. The van der Waals surface area contributed by atoms with E-state index in [1.54, 1.807) is 0 Å². The Kier molecular flexibility index (Phi) is 4.79. The van der Waals surface area contributed by atoms with Crippen LogP contribution in [0, 0.1) is 19.8 Å². The third-order valence-corrected chi connectivity index (χ3v) is 4.40. The van der Waals surface area contributed by atoms with Crippen LogP contribution in [0.4, 0.5) is 0 Å². The summed E-state index contributed by atoms with van der Waals surface area (Å²) in [5.74, 6) is 1.62. The Balaban J connectivity index is 1.74. The highest BCUT2D eigenvalue weighted by atomic mass is 16.5. The smallest absolute Gasteiger partial charge is 0.119 e. The van der Waals surface area contributed by atoms with Crippen molar-refractivity contribution in [3.8, 4) is 16.9 Å². The zero-order valence-corrected chi connectivity index (χ0v) is 13.5. The molecule has 0 N–H and O–H groups in total. The quantitative estimate of drug-likeness (QED) is 0.808. The lowest BCUT2D eigenvalue weighted by atomic mass is 9.95. The molecule has 3 rings (SSSR count). The van der Waals surface area contributed by atoms with Crippen molar-refractivity contribution in [3.63, 3.8) is 0 Å². The highest BCUT2D eigenvalue weighted by Crippen LogP contribution is 2.31. The second-order valence-electron chi connectivity index (χ2n) is 6.16. The van der Waals surface area contributed by atoms with E-state index < -0.39 is 0 Å². The number of ether oxygens (including phenoxy) is 2. The SMILES string of the molecule is Cc1cc(OCC2CCOCC2)cc(C)c1-c1ccccc1. The Morgan fingerprint density at radius 1 is 1.00 bits per heavy atom. The summed E-state index contributed by atoms with van der Waals surface area (Å²) in [7, 11) is 0. The third kappa shape index (κ3) is 3.50. The van der Waals surface area contributed by atoms with Crippen LogP contribution in [-0.2, 0) is 4.74 Å². The maximum absolute atomic E-state index is 6.04. The minimum atomic E-state index is 0.628. The van der Waals surface area contributed by atoms with Gasteiger partial charge in [-0.05, 0) is 67.0 Å². The summed E-state index contributed by atoms with van der Waals surface area (Å²) in [6.07, 6.45) is 2.22. The average molecular weight is 296 g/mol. The van der Waals surface area contributed by atoms with Gasteiger partial charge in [0, 0.05) is 13.2 Å². The van der Waals surface area contributed by atoms with E-state index in [0.29, 0.717) is 5.92 Å². The van der Waals surface area contributed by atoms with Crippen molar-refractivity contribution in [2.24, 2.45) is 5.92 Å². The maximum atomic E-state index is 6.04. The summed E-state index contributed by atoms with van der Waals surface area (Å²) in [5, 5.41) is 0.